The second-order valence-corrected chi connectivity index (χ2v) is 11.7. The number of amides is 2. The molecule has 2 fully saturated rings. The van der Waals surface area contributed by atoms with Crippen LogP contribution in [0.25, 0.3) is 11.5 Å². The third-order valence-electron chi connectivity index (χ3n) is 8.32. The Kier molecular flexibility index (Phi) is 10.9. The second-order valence-electron chi connectivity index (χ2n) is 11.7. The number of rotatable bonds is 13. The number of nitrogens with one attached hydrogen (secondary N) is 2. The monoisotopic (exact) mass is 626 g/mol. The number of ether oxygens (including phenoxy) is 2. The molecule has 2 aliphatic rings. The fourth-order valence-corrected chi connectivity index (χ4v) is 6.18. The van der Waals surface area contributed by atoms with E-state index in [0.29, 0.717) is 38.3 Å². The van der Waals surface area contributed by atoms with Gasteiger partial charge in [-0.3, -0.25) is 9.59 Å². The molecule has 0 radical (unpaired) electrons. The van der Waals surface area contributed by atoms with E-state index in [-0.39, 0.29) is 47.1 Å². The van der Waals surface area contributed by atoms with E-state index < -0.39 is 35.7 Å². The average Bonchev–Trinajstić information content (AvgIpc) is 3.81. The standard InChI is InChI=1S/C33H40F2N4O6/c1-3-8-44-27-17-28(37-18-27)30(40)29(12-20-10-24(34)16-25(35)11-20)38-31(41)21-13-22(32-36-6-9-45-32)15-23(14-21)33(42)39-7-4-5-26(39)19-43-2/h6,9-11,13-16,26-30,37,40H,3-5,7-8,12,17-19H2,1-2H3,(H,38,41)/t26-,27-,28-,29?,30?/m1/s1. The summed E-state index contributed by atoms with van der Waals surface area (Å²) in [5.41, 5.74) is 1.12. The number of likely N-dealkylation sites (tertiary alicyclic amines) is 1. The van der Waals surface area contributed by atoms with Crippen molar-refractivity contribution in [1.29, 1.82) is 0 Å². The maximum atomic E-state index is 14.1. The van der Waals surface area contributed by atoms with E-state index in [1.54, 1.807) is 24.1 Å². The Morgan fingerprint density at radius 2 is 1.96 bits per heavy atom. The number of aliphatic hydroxyl groups is 1. The van der Waals surface area contributed by atoms with Crippen molar-refractivity contribution in [3.8, 4) is 11.5 Å². The zero-order chi connectivity index (χ0) is 31.9. The van der Waals surface area contributed by atoms with E-state index in [0.717, 1.165) is 25.3 Å². The molecule has 45 heavy (non-hydrogen) atoms. The molecule has 0 bridgehead atoms. The average molecular weight is 627 g/mol. The smallest absolute Gasteiger partial charge is 0.254 e. The van der Waals surface area contributed by atoms with Gasteiger partial charge < -0.3 is 34.5 Å². The maximum absolute atomic E-state index is 14.1. The van der Waals surface area contributed by atoms with Gasteiger partial charge in [0.05, 0.1) is 37.1 Å². The van der Waals surface area contributed by atoms with Crippen LogP contribution in [0.1, 0.15) is 58.9 Å². The van der Waals surface area contributed by atoms with E-state index in [9.17, 15) is 23.5 Å². The molecule has 1 aromatic heterocycles. The summed E-state index contributed by atoms with van der Waals surface area (Å²) in [6.07, 6.45) is 4.61. The summed E-state index contributed by atoms with van der Waals surface area (Å²) in [6.45, 7) is 4.09. The Hall–Kier alpha value is -3.71. The minimum Gasteiger partial charge on any atom is -0.445 e. The van der Waals surface area contributed by atoms with Crippen molar-refractivity contribution >= 4 is 11.8 Å². The summed E-state index contributed by atoms with van der Waals surface area (Å²) in [6, 6.07) is 6.37. The number of halogens is 2. The molecular formula is C33H40F2N4O6. The lowest BCUT2D eigenvalue weighted by molar-refractivity contribution is 0.0514. The predicted molar refractivity (Wildman–Crippen MR) is 162 cm³/mol. The van der Waals surface area contributed by atoms with Crippen LogP contribution < -0.4 is 10.6 Å². The van der Waals surface area contributed by atoms with Crippen LogP contribution in [0.2, 0.25) is 0 Å². The third kappa shape index (κ3) is 8.12. The molecule has 12 heteroatoms. The van der Waals surface area contributed by atoms with Gasteiger partial charge in [-0.1, -0.05) is 6.92 Å². The molecule has 3 aromatic rings. The first kappa shape index (κ1) is 32.7. The number of nitrogens with zero attached hydrogens (tertiary/aromatic N) is 2. The molecule has 2 unspecified atom stereocenters. The molecule has 0 saturated carbocycles. The van der Waals surface area contributed by atoms with E-state index in [1.807, 2.05) is 6.92 Å². The number of oxazole rings is 1. The van der Waals surface area contributed by atoms with Crippen molar-refractivity contribution in [3.05, 3.63) is 77.2 Å². The summed E-state index contributed by atoms with van der Waals surface area (Å²) < 4.78 is 44.8. The highest BCUT2D eigenvalue weighted by atomic mass is 19.1. The van der Waals surface area contributed by atoms with Crippen LogP contribution in [-0.4, -0.2) is 90.6 Å². The fraction of sp³-hybridized carbons (Fsp3) is 0.485. The van der Waals surface area contributed by atoms with Crippen LogP contribution in [0.15, 0.2) is 53.3 Å². The summed E-state index contributed by atoms with van der Waals surface area (Å²) >= 11 is 0. The largest absolute Gasteiger partial charge is 0.445 e. The van der Waals surface area contributed by atoms with Crippen molar-refractivity contribution in [2.45, 2.75) is 69.4 Å². The van der Waals surface area contributed by atoms with Crippen molar-refractivity contribution in [1.82, 2.24) is 20.5 Å². The minimum absolute atomic E-state index is 0.0437. The molecule has 0 spiro atoms. The van der Waals surface area contributed by atoms with Gasteiger partial charge in [-0.2, -0.15) is 0 Å². The molecule has 5 rings (SSSR count). The molecule has 10 nitrogen and oxygen atoms in total. The first-order chi connectivity index (χ1) is 21.7. The first-order valence-electron chi connectivity index (χ1n) is 15.4. The number of hydrogen-bond donors (Lipinski definition) is 3. The summed E-state index contributed by atoms with van der Waals surface area (Å²) in [7, 11) is 1.59. The molecule has 242 valence electrons. The fourth-order valence-electron chi connectivity index (χ4n) is 6.18. The minimum atomic E-state index is -1.12. The Balaban J connectivity index is 1.43. The quantitative estimate of drug-likeness (QED) is 0.262. The Labute approximate surface area is 261 Å². The number of aliphatic hydroxyl groups excluding tert-OH is 1. The normalized spacial score (nSPS) is 21.2. The zero-order valence-corrected chi connectivity index (χ0v) is 25.5. The SMILES string of the molecule is CCCO[C@H]1CN[C@@H](C(O)C(Cc2cc(F)cc(F)c2)NC(=O)c2cc(C(=O)N3CCC[C@@H]3COC)cc(-c3ncco3)c2)C1. The summed E-state index contributed by atoms with van der Waals surface area (Å²) in [5, 5.41) is 17.6. The first-order valence-corrected chi connectivity index (χ1v) is 15.4. The Morgan fingerprint density at radius 3 is 2.67 bits per heavy atom. The van der Waals surface area contributed by atoms with Crippen LogP contribution >= 0.6 is 0 Å². The lowest BCUT2D eigenvalue weighted by atomic mass is 9.94. The zero-order valence-electron chi connectivity index (χ0n) is 25.5. The van der Waals surface area contributed by atoms with Gasteiger partial charge in [-0.05, 0) is 68.0 Å². The molecule has 5 atom stereocenters. The topological polar surface area (TPSA) is 126 Å². The van der Waals surface area contributed by atoms with Gasteiger partial charge >= 0.3 is 0 Å². The number of benzene rings is 2. The molecule has 2 saturated heterocycles. The van der Waals surface area contributed by atoms with E-state index in [2.05, 4.69) is 15.6 Å². The number of methoxy groups -OCH3 is 1. The highest BCUT2D eigenvalue weighted by molar-refractivity contribution is 6.01. The van der Waals surface area contributed by atoms with Crippen LogP contribution in [0, 0.1) is 11.6 Å². The molecule has 3 N–H and O–H groups in total. The van der Waals surface area contributed by atoms with Crippen LogP contribution in [-0.2, 0) is 15.9 Å². The van der Waals surface area contributed by atoms with E-state index in [4.69, 9.17) is 13.9 Å². The van der Waals surface area contributed by atoms with Crippen LogP contribution in [0.4, 0.5) is 8.78 Å². The maximum Gasteiger partial charge on any atom is 0.254 e. The molecular weight excluding hydrogens is 586 g/mol. The van der Waals surface area contributed by atoms with E-state index in [1.165, 1.54) is 30.7 Å². The van der Waals surface area contributed by atoms with Gasteiger partial charge in [0.15, 0.2) is 0 Å². The molecule has 2 aromatic carbocycles. The number of hydrogen-bond acceptors (Lipinski definition) is 8. The molecule has 2 amide bonds. The third-order valence-corrected chi connectivity index (χ3v) is 8.32. The highest BCUT2D eigenvalue weighted by Crippen LogP contribution is 2.26. The lowest BCUT2D eigenvalue weighted by Crippen LogP contribution is -2.52. The molecule has 0 aliphatic carbocycles. The number of aromatic nitrogens is 1. The van der Waals surface area contributed by atoms with Crippen molar-refractivity contribution in [3.63, 3.8) is 0 Å². The Bertz CT molecular complexity index is 1430. The Morgan fingerprint density at radius 1 is 1.18 bits per heavy atom. The molecule has 3 heterocycles. The highest BCUT2D eigenvalue weighted by Gasteiger charge is 2.36. The number of carbonyl (C=O) groups is 2. The molecule has 2 aliphatic heterocycles. The van der Waals surface area contributed by atoms with Crippen LogP contribution in [0.3, 0.4) is 0 Å². The van der Waals surface area contributed by atoms with Crippen molar-refractivity contribution in [2.24, 2.45) is 0 Å². The van der Waals surface area contributed by atoms with Gasteiger partial charge in [0.1, 0.15) is 17.9 Å². The summed E-state index contributed by atoms with van der Waals surface area (Å²) in [5.74, 6) is -2.12. The lowest BCUT2D eigenvalue weighted by Gasteiger charge is -2.29. The number of carbonyl (C=O) groups excluding carboxylic acids is 2. The van der Waals surface area contributed by atoms with Crippen molar-refractivity contribution < 1.29 is 37.4 Å². The van der Waals surface area contributed by atoms with Crippen LogP contribution in [0.5, 0.6) is 0 Å². The van der Waals surface area contributed by atoms with Gasteiger partial charge in [0, 0.05) is 55.6 Å². The predicted octanol–water partition coefficient (Wildman–Crippen LogP) is 3.73. The van der Waals surface area contributed by atoms with Crippen molar-refractivity contribution in [2.75, 3.05) is 33.4 Å². The summed E-state index contributed by atoms with van der Waals surface area (Å²) in [4.78, 5) is 33.5. The van der Waals surface area contributed by atoms with Gasteiger partial charge in [-0.15, -0.1) is 0 Å². The second kappa shape index (κ2) is 15.0. The van der Waals surface area contributed by atoms with Gasteiger partial charge in [-0.25, -0.2) is 13.8 Å². The van der Waals surface area contributed by atoms with E-state index >= 15 is 0 Å². The van der Waals surface area contributed by atoms with Gasteiger partial charge in [0.2, 0.25) is 5.89 Å². The van der Waals surface area contributed by atoms with Gasteiger partial charge in [0.25, 0.3) is 11.8 Å².